The molecule has 1 rings (SSSR count). The van der Waals surface area contributed by atoms with Crippen LogP contribution in [0.15, 0.2) is 18.2 Å². The first-order chi connectivity index (χ1) is 7.06. The third-order valence-electron chi connectivity index (χ3n) is 1.82. The summed E-state index contributed by atoms with van der Waals surface area (Å²) in [5, 5.41) is 27.8. The summed E-state index contributed by atoms with van der Waals surface area (Å²) in [6, 6.07) is 3.56. The van der Waals surface area contributed by atoms with E-state index < -0.39 is 12.1 Å². The number of phenols is 2. The molecule has 0 aliphatic heterocycles. The Bertz CT molecular complexity index is 361. The number of aliphatic hydroxyl groups is 1. The number of phenolic OH excluding ortho intramolecular Hbond substituents is 2. The molecule has 1 atom stereocenters. The van der Waals surface area contributed by atoms with Crippen molar-refractivity contribution in [3.05, 3.63) is 23.8 Å². The molecule has 0 aromatic heterocycles. The van der Waals surface area contributed by atoms with Crippen LogP contribution in [0.3, 0.4) is 0 Å². The molecule has 3 N–H and O–H groups in total. The molecule has 5 nitrogen and oxygen atoms in total. The molecule has 1 aromatic rings. The van der Waals surface area contributed by atoms with E-state index in [2.05, 4.69) is 4.74 Å². The van der Waals surface area contributed by atoms with Crippen molar-refractivity contribution in [1.29, 1.82) is 0 Å². The van der Waals surface area contributed by atoms with E-state index in [-0.39, 0.29) is 23.7 Å². The summed E-state index contributed by atoms with van der Waals surface area (Å²) in [7, 11) is 0. The van der Waals surface area contributed by atoms with Crippen LogP contribution >= 0.6 is 0 Å². The van der Waals surface area contributed by atoms with Crippen LogP contribution in [0.1, 0.15) is 18.6 Å². The molecule has 1 unspecified atom stereocenters. The van der Waals surface area contributed by atoms with Crippen molar-refractivity contribution in [2.24, 2.45) is 0 Å². The van der Waals surface area contributed by atoms with Gasteiger partial charge >= 0.3 is 5.97 Å². The van der Waals surface area contributed by atoms with Gasteiger partial charge in [0.15, 0.2) is 6.10 Å². The van der Waals surface area contributed by atoms with Crippen molar-refractivity contribution in [2.45, 2.75) is 13.0 Å². The molecular formula is C10H12O5. The second kappa shape index (κ2) is 4.65. The maximum atomic E-state index is 11.1. The first-order valence-corrected chi connectivity index (χ1v) is 4.42. The minimum atomic E-state index is -1.54. The van der Waals surface area contributed by atoms with E-state index in [1.807, 2.05) is 0 Å². The summed E-state index contributed by atoms with van der Waals surface area (Å²) < 4.78 is 4.58. The molecule has 0 bridgehead atoms. The maximum Gasteiger partial charge on any atom is 0.339 e. The molecule has 0 saturated carbocycles. The zero-order valence-electron chi connectivity index (χ0n) is 8.17. The third-order valence-corrected chi connectivity index (χ3v) is 1.82. The molecule has 0 amide bonds. The van der Waals surface area contributed by atoms with Crippen molar-refractivity contribution in [3.8, 4) is 11.5 Å². The number of hydrogen-bond acceptors (Lipinski definition) is 5. The van der Waals surface area contributed by atoms with Gasteiger partial charge < -0.3 is 20.1 Å². The fraction of sp³-hybridized carbons (Fsp3) is 0.300. The first-order valence-electron chi connectivity index (χ1n) is 4.42. The van der Waals surface area contributed by atoms with Gasteiger partial charge in [0.1, 0.15) is 11.5 Å². The molecule has 82 valence electrons. The Morgan fingerprint density at radius 2 is 2.13 bits per heavy atom. The Morgan fingerprint density at radius 1 is 1.47 bits per heavy atom. The molecule has 0 spiro atoms. The van der Waals surface area contributed by atoms with Crippen LogP contribution in [-0.4, -0.2) is 27.9 Å². The highest BCUT2D eigenvalue weighted by Crippen LogP contribution is 2.28. The average Bonchev–Trinajstić information content (AvgIpc) is 2.17. The van der Waals surface area contributed by atoms with Crippen molar-refractivity contribution in [1.82, 2.24) is 0 Å². The molecule has 0 radical (unpaired) electrons. The summed E-state index contributed by atoms with van der Waals surface area (Å²) >= 11 is 0. The molecular weight excluding hydrogens is 200 g/mol. The predicted molar refractivity (Wildman–Crippen MR) is 51.4 cm³/mol. The highest BCUT2D eigenvalue weighted by Gasteiger charge is 2.21. The molecule has 0 saturated heterocycles. The zero-order chi connectivity index (χ0) is 11.4. The largest absolute Gasteiger partial charge is 0.508 e. The number of benzene rings is 1. The fourth-order valence-electron chi connectivity index (χ4n) is 1.11. The van der Waals surface area contributed by atoms with Crippen molar-refractivity contribution in [2.75, 3.05) is 6.61 Å². The smallest absolute Gasteiger partial charge is 0.339 e. The van der Waals surface area contributed by atoms with Crippen molar-refractivity contribution >= 4 is 5.97 Å². The molecule has 15 heavy (non-hydrogen) atoms. The average molecular weight is 212 g/mol. The Kier molecular flexibility index (Phi) is 3.51. The van der Waals surface area contributed by atoms with E-state index in [4.69, 9.17) is 5.11 Å². The Morgan fingerprint density at radius 3 is 2.67 bits per heavy atom. The highest BCUT2D eigenvalue weighted by atomic mass is 16.5. The number of aromatic hydroxyl groups is 2. The molecule has 5 heteroatoms. The quantitative estimate of drug-likeness (QED) is 0.642. The van der Waals surface area contributed by atoms with Gasteiger partial charge in [0.25, 0.3) is 0 Å². The number of ether oxygens (including phenoxy) is 1. The van der Waals surface area contributed by atoms with Gasteiger partial charge in [-0.1, -0.05) is 0 Å². The van der Waals surface area contributed by atoms with Crippen LogP contribution in [0.4, 0.5) is 0 Å². The summed E-state index contributed by atoms with van der Waals surface area (Å²) in [6.07, 6.45) is -1.54. The van der Waals surface area contributed by atoms with Crippen LogP contribution < -0.4 is 0 Å². The number of aliphatic hydroxyl groups excluding tert-OH is 1. The normalized spacial score (nSPS) is 12.1. The van der Waals surface area contributed by atoms with Gasteiger partial charge in [-0.2, -0.15) is 0 Å². The minimum Gasteiger partial charge on any atom is -0.508 e. The lowest BCUT2D eigenvalue weighted by atomic mass is 10.1. The van der Waals surface area contributed by atoms with Crippen molar-refractivity contribution < 1.29 is 24.9 Å². The third kappa shape index (κ3) is 2.60. The summed E-state index contributed by atoms with van der Waals surface area (Å²) in [5.74, 6) is -1.33. The van der Waals surface area contributed by atoms with Crippen LogP contribution in [0.2, 0.25) is 0 Å². The number of rotatable bonds is 3. The lowest BCUT2D eigenvalue weighted by Gasteiger charge is -2.11. The maximum absolute atomic E-state index is 11.1. The van der Waals surface area contributed by atoms with Crippen LogP contribution in [0.5, 0.6) is 11.5 Å². The van der Waals surface area contributed by atoms with Crippen LogP contribution in [0.25, 0.3) is 0 Å². The van der Waals surface area contributed by atoms with E-state index >= 15 is 0 Å². The molecule has 0 aliphatic rings. The van der Waals surface area contributed by atoms with E-state index in [0.29, 0.717) is 0 Å². The lowest BCUT2D eigenvalue weighted by molar-refractivity contribution is -0.153. The lowest BCUT2D eigenvalue weighted by Crippen LogP contribution is -2.15. The van der Waals surface area contributed by atoms with E-state index in [1.54, 1.807) is 6.92 Å². The van der Waals surface area contributed by atoms with Gasteiger partial charge in [0.2, 0.25) is 0 Å². The summed E-state index contributed by atoms with van der Waals surface area (Å²) in [5.41, 5.74) is 0.00579. The summed E-state index contributed by atoms with van der Waals surface area (Å²) in [4.78, 5) is 11.1. The number of hydrogen-bond donors (Lipinski definition) is 3. The minimum absolute atomic E-state index is 0.00579. The fourth-order valence-corrected chi connectivity index (χ4v) is 1.11. The molecule has 0 aliphatic carbocycles. The van der Waals surface area contributed by atoms with Gasteiger partial charge in [-0.15, -0.1) is 0 Å². The topological polar surface area (TPSA) is 87.0 Å². The number of carbonyl (C=O) groups excluding carboxylic acids is 1. The van der Waals surface area contributed by atoms with Gasteiger partial charge in [-0.25, -0.2) is 4.79 Å². The monoisotopic (exact) mass is 212 g/mol. The molecule has 0 fully saturated rings. The van der Waals surface area contributed by atoms with Crippen LogP contribution in [-0.2, 0) is 9.53 Å². The molecule has 1 aromatic carbocycles. The predicted octanol–water partition coefficient (Wildman–Crippen LogP) is 0.694. The van der Waals surface area contributed by atoms with Crippen LogP contribution in [0, 0.1) is 0 Å². The van der Waals surface area contributed by atoms with Gasteiger partial charge in [0.05, 0.1) is 6.61 Å². The van der Waals surface area contributed by atoms with Gasteiger partial charge in [0, 0.05) is 11.6 Å². The Labute approximate surface area is 86.5 Å². The Balaban J connectivity index is 2.91. The van der Waals surface area contributed by atoms with E-state index in [0.717, 1.165) is 6.07 Å². The number of esters is 1. The van der Waals surface area contributed by atoms with E-state index in [9.17, 15) is 15.0 Å². The van der Waals surface area contributed by atoms with E-state index in [1.165, 1.54) is 12.1 Å². The SMILES string of the molecule is CCOC(=O)C(O)c1ccc(O)cc1O. The number of carbonyl (C=O) groups is 1. The second-order valence-corrected chi connectivity index (χ2v) is 2.90. The molecule has 0 heterocycles. The highest BCUT2D eigenvalue weighted by molar-refractivity contribution is 5.77. The standard InChI is InChI=1S/C10H12O5/c1-2-15-10(14)9(13)7-4-3-6(11)5-8(7)12/h3-5,9,11-13H,2H2,1H3. The Hall–Kier alpha value is -1.75. The second-order valence-electron chi connectivity index (χ2n) is 2.90. The summed E-state index contributed by atoms with van der Waals surface area (Å²) in [6.45, 7) is 1.76. The zero-order valence-corrected chi connectivity index (χ0v) is 8.17. The first kappa shape index (κ1) is 11.3. The van der Waals surface area contributed by atoms with Gasteiger partial charge in [-0.3, -0.25) is 0 Å². The van der Waals surface area contributed by atoms with Crippen molar-refractivity contribution in [3.63, 3.8) is 0 Å². The van der Waals surface area contributed by atoms with Gasteiger partial charge in [-0.05, 0) is 19.1 Å².